The first-order valence-electron chi connectivity index (χ1n) is 8.95. The number of hydrogen-bond acceptors (Lipinski definition) is 4. The predicted octanol–water partition coefficient (Wildman–Crippen LogP) is 3.13. The number of ether oxygens (including phenoxy) is 2. The summed E-state index contributed by atoms with van der Waals surface area (Å²) in [5.74, 6) is 0.158. The fraction of sp³-hybridized carbons (Fsp3) is 0.300. The van der Waals surface area contributed by atoms with Gasteiger partial charge in [-0.1, -0.05) is 17.7 Å². The molecule has 2 aliphatic heterocycles. The first-order valence-corrected chi connectivity index (χ1v) is 9.33. The number of hydrogen-bond donors (Lipinski definition) is 1. The lowest BCUT2D eigenvalue weighted by molar-refractivity contribution is -0.125. The SMILES string of the molecule is O=C(NCc1ccc(F)c(Cl)c1)C1CCCN1C(=O)c1ccc2c(c1)OCO2. The van der Waals surface area contributed by atoms with Gasteiger partial charge in [0.05, 0.1) is 5.02 Å². The second kappa shape index (κ2) is 7.67. The van der Waals surface area contributed by atoms with Gasteiger partial charge in [-0.3, -0.25) is 9.59 Å². The molecule has 2 aromatic rings. The summed E-state index contributed by atoms with van der Waals surface area (Å²) in [6.07, 6.45) is 1.34. The molecule has 28 heavy (non-hydrogen) atoms. The molecular formula is C20H18ClFN2O4. The summed E-state index contributed by atoms with van der Waals surface area (Å²) in [4.78, 5) is 27.1. The first kappa shape index (κ1) is 18.6. The van der Waals surface area contributed by atoms with Gasteiger partial charge in [0.2, 0.25) is 12.7 Å². The van der Waals surface area contributed by atoms with E-state index in [1.165, 1.54) is 12.1 Å². The van der Waals surface area contributed by atoms with Gasteiger partial charge in [0.1, 0.15) is 11.9 Å². The molecule has 0 spiro atoms. The van der Waals surface area contributed by atoms with Gasteiger partial charge in [-0.05, 0) is 48.7 Å². The Morgan fingerprint density at radius 3 is 2.82 bits per heavy atom. The second-order valence-electron chi connectivity index (χ2n) is 6.69. The standard InChI is InChI=1S/C20H18ClFN2O4/c21-14-8-12(3-5-15(14)22)10-23-19(25)16-2-1-7-24(16)20(26)13-4-6-17-18(9-13)28-11-27-17/h3-6,8-9,16H,1-2,7,10-11H2,(H,23,25). The summed E-state index contributed by atoms with van der Waals surface area (Å²) in [7, 11) is 0. The van der Waals surface area contributed by atoms with Crippen molar-refractivity contribution in [2.24, 2.45) is 0 Å². The molecule has 1 fully saturated rings. The Bertz CT molecular complexity index is 936. The zero-order chi connectivity index (χ0) is 19.7. The van der Waals surface area contributed by atoms with Crippen LogP contribution in [0, 0.1) is 5.82 Å². The maximum absolute atomic E-state index is 13.2. The summed E-state index contributed by atoms with van der Waals surface area (Å²) in [5.41, 5.74) is 1.14. The molecule has 1 atom stereocenters. The Morgan fingerprint density at radius 1 is 1.18 bits per heavy atom. The van der Waals surface area contributed by atoms with E-state index in [4.69, 9.17) is 21.1 Å². The number of likely N-dealkylation sites (tertiary alicyclic amines) is 1. The topological polar surface area (TPSA) is 67.9 Å². The smallest absolute Gasteiger partial charge is 0.254 e. The van der Waals surface area contributed by atoms with Crippen LogP contribution in [-0.4, -0.2) is 36.1 Å². The minimum absolute atomic E-state index is 0.00669. The van der Waals surface area contributed by atoms with Crippen LogP contribution in [0.1, 0.15) is 28.8 Å². The van der Waals surface area contributed by atoms with E-state index in [9.17, 15) is 14.0 Å². The van der Waals surface area contributed by atoms with Gasteiger partial charge in [0.25, 0.3) is 5.91 Å². The number of carbonyl (C=O) groups excluding carboxylic acids is 2. The molecule has 4 rings (SSSR count). The third kappa shape index (κ3) is 3.62. The van der Waals surface area contributed by atoms with E-state index in [0.29, 0.717) is 35.6 Å². The van der Waals surface area contributed by atoms with E-state index in [0.717, 1.165) is 6.42 Å². The van der Waals surface area contributed by atoms with Crippen molar-refractivity contribution >= 4 is 23.4 Å². The fourth-order valence-corrected chi connectivity index (χ4v) is 3.64. The Labute approximate surface area is 166 Å². The minimum Gasteiger partial charge on any atom is -0.454 e. The first-order chi connectivity index (χ1) is 13.5. The average molecular weight is 405 g/mol. The number of carbonyl (C=O) groups is 2. The number of amides is 2. The van der Waals surface area contributed by atoms with Crippen molar-refractivity contribution in [2.75, 3.05) is 13.3 Å². The van der Waals surface area contributed by atoms with Crippen LogP contribution in [-0.2, 0) is 11.3 Å². The Balaban J connectivity index is 1.43. The molecule has 146 valence electrons. The molecule has 0 saturated carbocycles. The molecule has 0 aliphatic carbocycles. The molecule has 1 unspecified atom stereocenters. The van der Waals surface area contributed by atoms with Gasteiger partial charge < -0.3 is 19.7 Å². The van der Waals surface area contributed by atoms with E-state index in [1.807, 2.05) is 0 Å². The normalized spacial score (nSPS) is 17.6. The third-order valence-corrected chi connectivity index (χ3v) is 5.18. The Kier molecular flexibility index (Phi) is 5.09. The van der Waals surface area contributed by atoms with Crippen molar-refractivity contribution in [3.8, 4) is 11.5 Å². The average Bonchev–Trinajstić information content (AvgIpc) is 3.36. The quantitative estimate of drug-likeness (QED) is 0.850. The Morgan fingerprint density at radius 2 is 2.00 bits per heavy atom. The largest absolute Gasteiger partial charge is 0.454 e. The maximum Gasteiger partial charge on any atom is 0.254 e. The van der Waals surface area contributed by atoms with E-state index in [-0.39, 0.29) is 30.2 Å². The van der Waals surface area contributed by atoms with Gasteiger partial charge in [-0.15, -0.1) is 0 Å². The van der Waals surface area contributed by atoms with E-state index in [2.05, 4.69) is 5.32 Å². The molecule has 8 heteroatoms. The van der Waals surface area contributed by atoms with Crippen molar-refractivity contribution in [3.05, 3.63) is 58.4 Å². The Hall–Kier alpha value is -2.80. The number of nitrogens with zero attached hydrogens (tertiary/aromatic N) is 1. The van der Waals surface area contributed by atoms with Gasteiger partial charge >= 0.3 is 0 Å². The number of nitrogens with one attached hydrogen (secondary N) is 1. The maximum atomic E-state index is 13.2. The van der Waals surface area contributed by atoms with Crippen LogP contribution in [0.3, 0.4) is 0 Å². The lowest BCUT2D eigenvalue weighted by Gasteiger charge is -2.24. The number of halogens is 2. The predicted molar refractivity (Wildman–Crippen MR) is 99.9 cm³/mol. The van der Waals surface area contributed by atoms with Gasteiger partial charge in [-0.25, -0.2) is 4.39 Å². The molecule has 0 aromatic heterocycles. The van der Waals surface area contributed by atoms with Gasteiger partial charge in [0, 0.05) is 18.7 Å². The second-order valence-corrected chi connectivity index (χ2v) is 7.10. The molecule has 1 saturated heterocycles. The number of fused-ring (bicyclic) bond motifs is 1. The lowest BCUT2D eigenvalue weighted by Crippen LogP contribution is -2.45. The van der Waals surface area contributed by atoms with Crippen molar-refractivity contribution in [1.82, 2.24) is 10.2 Å². The van der Waals surface area contributed by atoms with Gasteiger partial charge in [-0.2, -0.15) is 0 Å². The zero-order valence-corrected chi connectivity index (χ0v) is 15.7. The highest BCUT2D eigenvalue weighted by Crippen LogP contribution is 2.33. The number of benzene rings is 2. The molecular weight excluding hydrogens is 387 g/mol. The highest BCUT2D eigenvalue weighted by atomic mass is 35.5. The van der Waals surface area contributed by atoms with Crippen molar-refractivity contribution in [2.45, 2.75) is 25.4 Å². The van der Waals surface area contributed by atoms with Gasteiger partial charge in [0.15, 0.2) is 11.5 Å². The van der Waals surface area contributed by atoms with Crippen LogP contribution in [0.25, 0.3) is 0 Å². The monoisotopic (exact) mass is 404 g/mol. The van der Waals surface area contributed by atoms with Crippen LogP contribution in [0.15, 0.2) is 36.4 Å². The summed E-state index contributed by atoms with van der Waals surface area (Å²) in [5, 5.41) is 2.81. The lowest BCUT2D eigenvalue weighted by atomic mass is 10.1. The van der Waals surface area contributed by atoms with E-state index >= 15 is 0 Å². The third-order valence-electron chi connectivity index (χ3n) is 4.89. The molecule has 2 aromatic carbocycles. The van der Waals surface area contributed by atoms with Crippen LogP contribution >= 0.6 is 11.6 Å². The van der Waals surface area contributed by atoms with Crippen LogP contribution in [0.5, 0.6) is 11.5 Å². The summed E-state index contributed by atoms with van der Waals surface area (Å²) in [6.45, 7) is 0.851. The number of rotatable bonds is 4. The molecule has 1 N–H and O–H groups in total. The van der Waals surface area contributed by atoms with Crippen molar-refractivity contribution < 1.29 is 23.5 Å². The molecule has 2 amide bonds. The van der Waals surface area contributed by atoms with Crippen LogP contribution in [0.4, 0.5) is 4.39 Å². The van der Waals surface area contributed by atoms with Crippen LogP contribution < -0.4 is 14.8 Å². The molecule has 2 aliphatic rings. The molecule has 0 bridgehead atoms. The highest BCUT2D eigenvalue weighted by molar-refractivity contribution is 6.30. The van der Waals surface area contributed by atoms with Crippen LogP contribution in [0.2, 0.25) is 5.02 Å². The molecule has 0 radical (unpaired) electrons. The summed E-state index contributed by atoms with van der Waals surface area (Å²) >= 11 is 5.77. The summed E-state index contributed by atoms with van der Waals surface area (Å²) < 4.78 is 23.8. The highest BCUT2D eigenvalue weighted by Gasteiger charge is 2.34. The van der Waals surface area contributed by atoms with Crippen molar-refractivity contribution in [1.29, 1.82) is 0 Å². The van der Waals surface area contributed by atoms with Crippen molar-refractivity contribution in [3.63, 3.8) is 0 Å². The fourth-order valence-electron chi connectivity index (χ4n) is 3.43. The van der Waals surface area contributed by atoms with E-state index in [1.54, 1.807) is 29.2 Å². The zero-order valence-electron chi connectivity index (χ0n) is 14.9. The van der Waals surface area contributed by atoms with E-state index < -0.39 is 11.9 Å². The molecule has 2 heterocycles. The summed E-state index contributed by atoms with van der Waals surface area (Å²) in [6, 6.07) is 8.75. The molecule has 6 nitrogen and oxygen atoms in total. The minimum atomic E-state index is -0.547.